The Morgan fingerprint density at radius 1 is 1.28 bits per heavy atom. The molecule has 2 nitrogen and oxygen atoms in total. The van der Waals surface area contributed by atoms with Gasteiger partial charge in [0.25, 0.3) is 0 Å². The van der Waals surface area contributed by atoms with Gasteiger partial charge in [-0.15, -0.1) is 0 Å². The van der Waals surface area contributed by atoms with Crippen LogP contribution >= 0.6 is 0 Å². The predicted molar refractivity (Wildman–Crippen MR) is 67.3 cm³/mol. The molecule has 0 radical (unpaired) electrons. The van der Waals surface area contributed by atoms with Gasteiger partial charge < -0.3 is 5.73 Å². The Balaban J connectivity index is 2.43. The molecule has 0 heterocycles. The van der Waals surface area contributed by atoms with Gasteiger partial charge in [0.15, 0.2) is 0 Å². The van der Waals surface area contributed by atoms with Crippen LogP contribution in [0.3, 0.4) is 0 Å². The lowest BCUT2D eigenvalue weighted by molar-refractivity contribution is -0.144. The van der Waals surface area contributed by atoms with Gasteiger partial charge in [-0.1, -0.05) is 19.8 Å². The summed E-state index contributed by atoms with van der Waals surface area (Å²) in [5.41, 5.74) is 6.04. The largest absolute Gasteiger partial charge is 0.401 e. The fourth-order valence-electron chi connectivity index (χ4n) is 3.04. The number of nitrogens with two attached hydrogens (primary N) is 1. The Morgan fingerprint density at radius 2 is 1.94 bits per heavy atom. The van der Waals surface area contributed by atoms with E-state index < -0.39 is 12.7 Å². The van der Waals surface area contributed by atoms with E-state index >= 15 is 0 Å². The van der Waals surface area contributed by atoms with Crippen LogP contribution in [0, 0.1) is 11.8 Å². The van der Waals surface area contributed by atoms with Crippen LogP contribution in [0.5, 0.6) is 0 Å². The number of halogens is 3. The monoisotopic (exact) mass is 266 g/mol. The molecule has 0 bridgehead atoms. The molecule has 0 spiro atoms. The average molecular weight is 266 g/mol. The van der Waals surface area contributed by atoms with E-state index in [1.54, 1.807) is 0 Å². The van der Waals surface area contributed by atoms with Gasteiger partial charge in [-0.3, -0.25) is 4.90 Å². The smallest absolute Gasteiger partial charge is 0.327 e. The molecule has 0 aromatic rings. The van der Waals surface area contributed by atoms with Crippen LogP contribution in [-0.4, -0.2) is 37.3 Å². The first-order valence-electron chi connectivity index (χ1n) is 6.82. The van der Waals surface area contributed by atoms with Crippen molar-refractivity contribution >= 4 is 0 Å². The maximum atomic E-state index is 12.3. The van der Waals surface area contributed by atoms with Gasteiger partial charge in [-0.05, 0) is 38.1 Å². The van der Waals surface area contributed by atoms with E-state index in [2.05, 4.69) is 6.92 Å². The Morgan fingerprint density at radius 3 is 2.50 bits per heavy atom. The number of hydrogen-bond donors (Lipinski definition) is 1. The summed E-state index contributed by atoms with van der Waals surface area (Å²) < 4.78 is 36.8. The zero-order valence-electron chi connectivity index (χ0n) is 11.3. The van der Waals surface area contributed by atoms with Crippen molar-refractivity contribution < 1.29 is 13.2 Å². The first-order valence-corrected chi connectivity index (χ1v) is 6.82. The quantitative estimate of drug-likeness (QED) is 0.828. The summed E-state index contributed by atoms with van der Waals surface area (Å²) in [4.78, 5) is 1.36. The Bertz CT molecular complexity index is 243. The summed E-state index contributed by atoms with van der Waals surface area (Å²) >= 11 is 0. The molecule has 1 aliphatic rings. The van der Waals surface area contributed by atoms with Gasteiger partial charge in [0.05, 0.1) is 6.54 Å². The van der Waals surface area contributed by atoms with Gasteiger partial charge in [0, 0.05) is 12.6 Å². The molecule has 1 aliphatic carbocycles. The van der Waals surface area contributed by atoms with Gasteiger partial charge in [0.1, 0.15) is 0 Å². The zero-order valence-corrected chi connectivity index (χ0v) is 11.3. The van der Waals surface area contributed by atoms with Crippen molar-refractivity contribution in [3.05, 3.63) is 0 Å². The van der Waals surface area contributed by atoms with E-state index in [9.17, 15) is 13.2 Å². The first kappa shape index (κ1) is 15.8. The van der Waals surface area contributed by atoms with Crippen LogP contribution in [0.4, 0.5) is 13.2 Å². The summed E-state index contributed by atoms with van der Waals surface area (Å²) in [6.07, 6.45) is 1.27. The minimum Gasteiger partial charge on any atom is -0.327 e. The van der Waals surface area contributed by atoms with Crippen molar-refractivity contribution in [2.75, 3.05) is 20.1 Å². The SMILES string of the molecule is CCCC1CCC(N)C(CN(C)CC(F)(F)F)C1. The summed E-state index contributed by atoms with van der Waals surface area (Å²) in [6.45, 7) is 1.77. The third-order valence-corrected chi connectivity index (χ3v) is 3.84. The highest BCUT2D eigenvalue weighted by atomic mass is 19.4. The summed E-state index contributed by atoms with van der Waals surface area (Å²) in [6, 6.07) is 0.0637. The molecule has 2 N–H and O–H groups in total. The van der Waals surface area contributed by atoms with Crippen LogP contribution in [0.25, 0.3) is 0 Å². The summed E-state index contributed by atoms with van der Waals surface area (Å²) in [5, 5.41) is 0. The van der Waals surface area contributed by atoms with Crippen molar-refractivity contribution in [1.29, 1.82) is 0 Å². The topological polar surface area (TPSA) is 29.3 Å². The maximum absolute atomic E-state index is 12.3. The second-order valence-electron chi connectivity index (χ2n) is 5.70. The highest BCUT2D eigenvalue weighted by Gasteiger charge is 2.33. The van der Waals surface area contributed by atoms with Crippen LogP contribution in [0.15, 0.2) is 0 Å². The van der Waals surface area contributed by atoms with Crippen LogP contribution in [-0.2, 0) is 0 Å². The van der Waals surface area contributed by atoms with E-state index in [1.165, 1.54) is 18.4 Å². The van der Waals surface area contributed by atoms with Crippen molar-refractivity contribution in [3.8, 4) is 0 Å². The second-order valence-corrected chi connectivity index (χ2v) is 5.70. The Labute approximate surface area is 108 Å². The summed E-state index contributed by atoms with van der Waals surface area (Å²) in [7, 11) is 1.53. The predicted octanol–water partition coefficient (Wildman–Crippen LogP) is 3.02. The second kappa shape index (κ2) is 6.75. The molecule has 0 aliphatic heterocycles. The normalized spacial score (nSPS) is 29.8. The van der Waals surface area contributed by atoms with E-state index in [0.29, 0.717) is 12.5 Å². The molecular weight excluding hydrogens is 241 g/mol. The molecule has 0 aromatic heterocycles. The van der Waals surface area contributed by atoms with E-state index in [-0.39, 0.29) is 12.0 Å². The van der Waals surface area contributed by atoms with Crippen LogP contribution in [0.1, 0.15) is 39.0 Å². The molecular formula is C13H25F3N2. The fourth-order valence-corrected chi connectivity index (χ4v) is 3.04. The molecule has 0 aromatic carbocycles. The summed E-state index contributed by atoms with van der Waals surface area (Å²) in [5.74, 6) is 0.863. The molecule has 3 unspecified atom stereocenters. The third-order valence-electron chi connectivity index (χ3n) is 3.84. The number of alkyl halides is 3. The van der Waals surface area contributed by atoms with Crippen molar-refractivity contribution in [3.63, 3.8) is 0 Å². The zero-order chi connectivity index (χ0) is 13.8. The van der Waals surface area contributed by atoms with Crippen LogP contribution < -0.4 is 5.73 Å². The number of rotatable bonds is 5. The van der Waals surface area contributed by atoms with Gasteiger partial charge in [-0.2, -0.15) is 13.2 Å². The molecule has 108 valence electrons. The molecule has 1 saturated carbocycles. The lowest BCUT2D eigenvalue weighted by Gasteiger charge is -2.36. The number of nitrogens with zero attached hydrogens (tertiary/aromatic N) is 1. The lowest BCUT2D eigenvalue weighted by atomic mass is 9.76. The maximum Gasteiger partial charge on any atom is 0.401 e. The van der Waals surface area contributed by atoms with Crippen molar-refractivity contribution in [2.45, 2.75) is 51.2 Å². The lowest BCUT2D eigenvalue weighted by Crippen LogP contribution is -2.44. The Hall–Kier alpha value is -0.290. The van der Waals surface area contributed by atoms with E-state index in [4.69, 9.17) is 5.73 Å². The van der Waals surface area contributed by atoms with Crippen molar-refractivity contribution in [1.82, 2.24) is 4.90 Å². The minimum atomic E-state index is -4.11. The molecule has 18 heavy (non-hydrogen) atoms. The highest BCUT2D eigenvalue weighted by molar-refractivity contribution is 4.84. The molecule has 3 atom stereocenters. The standard InChI is InChI=1S/C13H25F3N2/c1-3-4-10-5-6-12(17)11(7-10)8-18(2)9-13(14,15)16/h10-12H,3-9,17H2,1-2H3. The van der Waals surface area contributed by atoms with E-state index in [1.807, 2.05) is 0 Å². The first-order chi connectivity index (χ1) is 8.31. The Kier molecular flexibility index (Phi) is 5.92. The fraction of sp³-hybridized carbons (Fsp3) is 1.00. The van der Waals surface area contributed by atoms with Gasteiger partial charge in [-0.25, -0.2) is 0 Å². The van der Waals surface area contributed by atoms with Gasteiger partial charge in [0.2, 0.25) is 0 Å². The van der Waals surface area contributed by atoms with Crippen LogP contribution in [0.2, 0.25) is 0 Å². The minimum absolute atomic E-state index is 0.0637. The van der Waals surface area contributed by atoms with Crippen molar-refractivity contribution in [2.24, 2.45) is 17.6 Å². The molecule has 0 amide bonds. The molecule has 1 fully saturated rings. The molecule has 1 rings (SSSR count). The third kappa shape index (κ3) is 5.57. The average Bonchev–Trinajstić information content (AvgIpc) is 2.20. The van der Waals surface area contributed by atoms with E-state index in [0.717, 1.165) is 25.7 Å². The number of hydrogen-bond acceptors (Lipinski definition) is 2. The molecule has 0 saturated heterocycles. The molecule has 5 heteroatoms. The van der Waals surface area contributed by atoms with Gasteiger partial charge >= 0.3 is 6.18 Å². The highest BCUT2D eigenvalue weighted by Crippen LogP contribution is 2.32.